The number of benzene rings is 2. The summed E-state index contributed by atoms with van der Waals surface area (Å²) in [6.07, 6.45) is 0.576. The van der Waals surface area contributed by atoms with E-state index in [1.807, 2.05) is 30.3 Å². The monoisotopic (exact) mass is 404 g/mol. The zero-order chi connectivity index (χ0) is 20.3. The molecule has 0 N–H and O–H groups in total. The van der Waals surface area contributed by atoms with Crippen LogP contribution in [0.1, 0.15) is 23.1 Å². The number of ether oxygens (including phenoxy) is 1. The second kappa shape index (κ2) is 8.28. The standard InChI is InChI=1S/C20H24N2O5S/c1-15-17(4-3-5-20(15)22(23)24)13-21(18-10-11-28(25,26)14-18)12-16-6-8-19(27-2)9-7-16/h3-9,18H,10-14H2,1-2H3. The minimum absolute atomic E-state index is 0.0842. The summed E-state index contributed by atoms with van der Waals surface area (Å²) in [5.41, 5.74) is 2.58. The molecule has 1 atom stereocenters. The van der Waals surface area contributed by atoms with Crippen molar-refractivity contribution in [2.45, 2.75) is 32.5 Å². The smallest absolute Gasteiger partial charge is 0.272 e. The number of nitrogens with zero attached hydrogens (tertiary/aromatic N) is 2. The molecule has 0 bridgehead atoms. The normalized spacial score (nSPS) is 18.3. The third kappa shape index (κ3) is 4.69. The molecule has 1 fully saturated rings. The minimum atomic E-state index is -3.04. The van der Waals surface area contributed by atoms with E-state index in [1.54, 1.807) is 20.1 Å². The van der Waals surface area contributed by atoms with Gasteiger partial charge in [0.25, 0.3) is 5.69 Å². The molecule has 1 saturated heterocycles. The number of rotatable bonds is 7. The van der Waals surface area contributed by atoms with E-state index in [2.05, 4.69) is 4.90 Å². The van der Waals surface area contributed by atoms with E-state index in [1.165, 1.54) is 6.07 Å². The highest BCUT2D eigenvalue weighted by atomic mass is 32.2. The van der Waals surface area contributed by atoms with Gasteiger partial charge in [-0.3, -0.25) is 15.0 Å². The first-order valence-electron chi connectivity index (χ1n) is 9.09. The summed E-state index contributed by atoms with van der Waals surface area (Å²) in [5, 5.41) is 11.3. The van der Waals surface area contributed by atoms with E-state index in [-0.39, 0.29) is 28.2 Å². The molecule has 0 aliphatic carbocycles. The van der Waals surface area contributed by atoms with Gasteiger partial charge in [0, 0.05) is 30.8 Å². The molecule has 0 saturated carbocycles. The first kappa shape index (κ1) is 20.3. The zero-order valence-corrected chi connectivity index (χ0v) is 16.8. The summed E-state index contributed by atoms with van der Waals surface area (Å²) < 4.78 is 29.2. The van der Waals surface area contributed by atoms with Crippen molar-refractivity contribution >= 4 is 15.5 Å². The van der Waals surface area contributed by atoms with Gasteiger partial charge in [-0.2, -0.15) is 0 Å². The van der Waals surface area contributed by atoms with Crippen LogP contribution in [0.3, 0.4) is 0 Å². The third-order valence-electron chi connectivity index (χ3n) is 5.26. The summed E-state index contributed by atoms with van der Waals surface area (Å²) in [6, 6.07) is 12.6. The highest BCUT2D eigenvalue weighted by Gasteiger charge is 2.32. The Morgan fingerprint density at radius 3 is 2.46 bits per heavy atom. The lowest BCUT2D eigenvalue weighted by atomic mass is 10.0. The third-order valence-corrected chi connectivity index (χ3v) is 7.01. The maximum absolute atomic E-state index is 12.0. The molecular weight excluding hydrogens is 380 g/mol. The van der Waals surface area contributed by atoms with Crippen molar-refractivity contribution in [1.82, 2.24) is 4.90 Å². The van der Waals surface area contributed by atoms with Crippen molar-refractivity contribution in [2.75, 3.05) is 18.6 Å². The molecule has 2 aromatic carbocycles. The van der Waals surface area contributed by atoms with Crippen LogP contribution in [-0.2, 0) is 22.9 Å². The first-order valence-corrected chi connectivity index (χ1v) is 10.9. The molecule has 0 aromatic heterocycles. The molecule has 1 aliphatic heterocycles. The molecule has 0 spiro atoms. The van der Waals surface area contributed by atoms with Gasteiger partial charge in [-0.1, -0.05) is 24.3 Å². The van der Waals surface area contributed by atoms with Gasteiger partial charge >= 0.3 is 0 Å². The lowest BCUT2D eigenvalue weighted by Crippen LogP contribution is -2.35. The van der Waals surface area contributed by atoms with Crippen molar-refractivity contribution < 1.29 is 18.1 Å². The highest BCUT2D eigenvalue weighted by molar-refractivity contribution is 7.91. The summed E-state index contributed by atoms with van der Waals surface area (Å²) in [5.74, 6) is 1.07. The van der Waals surface area contributed by atoms with Crippen LogP contribution in [0.4, 0.5) is 5.69 Å². The fourth-order valence-electron chi connectivity index (χ4n) is 3.60. The van der Waals surface area contributed by atoms with Crippen LogP contribution in [0.15, 0.2) is 42.5 Å². The molecule has 0 radical (unpaired) electrons. The second-order valence-corrected chi connectivity index (χ2v) is 9.36. The van der Waals surface area contributed by atoms with Crippen molar-refractivity contribution in [2.24, 2.45) is 0 Å². The Bertz CT molecular complexity index is 957. The van der Waals surface area contributed by atoms with Crippen molar-refractivity contribution in [1.29, 1.82) is 0 Å². The molecule has 1 heterocycles. The minimum Gasteiger partial charge on any atom is -0.497 e. The van der Waals surface area contributed by atoms with Gasteiger partial charge in [-0.15, -0.1) is 0 Å². The van der Waals surface area contributed by atoms with E-state index >= 15 is 0 Å². The Labute approximate surface area is 165 Å². The number of nitro benzene ring substituents is 1. The molecule has 2 aromatic rings. The van der Waals surface area contributed by atoms with Crippen LogP contribution in [0, 0.1) is 17.0 Å². The first-order chi connectivity index (χ1) is 13.3. The predicted octanol–water partition coefficient (Wildman–Crippen LogP) is 3.10. The van der Waals surface area contributed by atoms with E-state index in [4.69, 9.17) is 4.74 Å². The maximum Gasteiger partial charge on any atom is 0.272 e. The Balaban J connectivity index is 1.88. The highest BCUT2D eigenvalue weighted by Crippen LogP contribution is 2.27. The number of methoxy groups -OCH3 is 1. The van der Waals surface area contributed by atoms with Gasteiger partial charge in [0.05, 0.1) is 23.5 Å². The average molecular weight is 404 g/mol. The van der Waals surface area contributed by atoms with Crippen molar-refractivity contribution in [3.05, 3.63) is 69.3 Å². The van der Waals surface area contributed by atoms with E-state index < -0.39 is 9.84 Å². The van der Waals surface area contributed by atoms with Crippen LogP contribution in [0.2, 0.25) is 0 Å². The summed E-state index contributed by atoms with van der Waals surface area (Å²) in [4.78, 5) is 13.0. The lowest BCUT2D eigenvalue weighted by molar-refractivity contribution is -0.385. The molecule has 150 valence electrons. The summed E-state index contributed by atoms with van der Waals surface area (Å²) in [7, 11) is -1.43. The SMILES string of the molecule is COc1ccc(CN(Cc2cccc([N+](=O)[O-])c2C)C2CCS(=O)(=O)C2)cc1. The van der Waals surface area contributed by atoms with Crippen molar-refractivity contribution in [3.63, 3.8) is 0 Å². The maximum atomic E-state index is 12.0. The van der Waals surface area contributed by atoms with Crippen LogP contribution in [0.25, 0.3) is 0 Å². The Kier molecular flexibility index (Phi) is 6.00. The Morgan fingerprint density at radius 2 is 1.89 bits per heavy atom. The van der Waals surface area contributed by atoms with Crippen LogP contribution in [0.5, 0.6) is 5.75 Å². The van der Waals surface area contributed by atoms with Crippen LogP contribution in [-0.4, -0.2) is 42.9 Å². The number of hydrogen-bond acceptors (Lipinski definition) is 6. The van der Waals surface area contributed by atoms with Crippen LogP contribution >= 0.6 is 0 Å². The molecule has 28 heavy (non-hydrogen) atoms. The number of sulfone groups is 1. The van der Waals surface area contributed by atoms with Crippen molar-refractivity contribution in [3.8, 4) is 5.75 Å². The van der Waals surface area contributed by atoms with E-state index in [0.29, 0.717) is 25.1 Å². The molecule has 8 heteroatoms. The molecule has 7 nitrogen and oxygen atoms in total. The summed E-state index contributed by atoms with van der Waals surface area (Å²) in [6.45, 7) is 2.76. The molecule has 1 unspecified atom stereocenters. The molecule has 3 rings (SSSR count). The van der Waals surface area contributed by atoms with Gasteiger partial charge in [-0.05, 0) is 36.6 Å². The molecular formula is C20H24N2O5S. The van der Waals surface area contributed by atoms with Gasteiger partial charge in [-0.25, -0.2) is 8.42 Å². The zero-order valence-electron chi connectivity index (χ0n) is 16.0. The van der Waals surface area contributed by atoms with E-state index in [9.17, 15) is 18.5 Å². The second-order valence-electron chi connectivity index (χ2n) is 7.13. The average Bonchev–Trinajstić information content (AvgIpc) is 3.03. The molecule has 0 amide bonds. The van der Waals surface area contributed by atoms with Crippen LogP contribution < -0.4 is 4.74 Å². The van der Waals surface area contributed by atoms with Gasteiger partial charge in [0.2, 0.25) is 0 Å². The number of hydrogen-bond donors (Lipinski definition) is 0. The predicted molar refractivity (Wildman–Crippen MR) is 107 cm³/mol. The summed E-state index contributed by atoms with van der Waals surface area (Å²) >= 11 is 0. The van der Waals surface area contributed by atoms with E-state index in [0.717, 1.165) is 16.9 Å². The molecule has 1 aliphatic rings. The largest absolute Gasteiger partial charge is 0.497 e. The van der Waals surface area contributed by atoms with Gasteiger partial charge < -0.3 is 4.74 Å². The fourth-order valence-corrected chi connectivity index (χ4v) is 5.36. The Hall–Kier alpha value is -2.45. The van der Waals surface area contributed by atoms with Gasteiger partial charge in [0.1, 0.15) is 5.75 Å². The fraction of sp³-hybridized carbons (Fsp3) is 0.400. The topological polar surface area (TPSA) is 89.8 Å². The lowest BCUT2D eigenvalue weighted by Gasteiger charge is -2.29. The van der Waals surface area contributed by atoms with Gasteiger partial charge in [0.15, 0.2) is 9.84 Å². The number of nitro groups is 1. The Morgan fingerprint density at radius 1 is 1.18 bits per heavy atom. The quantitative estimate of drug-likeness (QED) is 0.520.